The number of hydrogen-bond donors (Lipinski definition) is 1. The van der Waals surface area contributed by atoms with Gasteiger partial charge in [0.05, 0.1) is 0 Å². The van der Waals surface area contributed by atoms with Crippen molar-refractivity contribution in [2.24, 2.45) is 0 Å². The highest BCUT2D eigenvalue weighted by Crippen LogP contribution is 2.21. The molecule has 2 rings (SSSR count). The molecular weight excluding hydrogens is 286 g/mol. The molecule has 0 aromatic heterocycles. The Balaban J connectivity index is 1.90. The molecule has 0 aliphatic heterocycles. The molecule has 2 aromatic carbocycles. The van der Waals surface area contributed by atoms with Gasteiger partial charge in [0, 0.05) is 5.69 Å². The van der Waals surface area contributed by atoms with E-state index in [4.69, 9.17) is 4.74 Å². The third-order valence-electron chi connectivity index (χ3n) is 4.10. The molecule has 3 heteroatoms. The van der Waals surface area contributed by atoms with Crippen molar-refractivity contribution < 1.29 is 9.53 Å². The standard InChI is InChI=1S/C20H25NO2/c1-5-15(3)17-8-10-18(11-9-17)23-13-20(22)21-19-12-14(2)6-7-16(19)4/h6-12,15H,5,13H2,1-4H3,(H,21,22)/t15-/m0/s1. The first kappa shape index (κ1) is 17.1. The van der Waals surface area contributed by atoms with Gasteiger partial charge in [-0.2, -0.15) is 0 Å². The molecule has 0 spiro atoms. The molecule has 0 radical (unpaired) electrons. The van der Waals surface area contributed by atoms with Gasteiger partial charge in [0.1, 0.15) is 5.75 Å². The van der Waals surface area contributed by atoms with Crippen LogP contribution in [0.2, 0.25) is 0 Å². The van der Waals surface area contributed by atoms with E-state index in [-0.39, 0.29) is 12.5 Å². The van der Waals surface area contributed by atoms with Gasteiger partial charge in [-0.3, -0.25) is 4.79 Å². The summed E-state index contributed by atoms with van der Waals surface area (Å²) in [7, 11) is 0. The van der Waals surface area contributed by atoms with Gasteiger partial charge in [-0.1, -0.05) is 38.1 Å². The number of hydrogen-bond acceptors (Lipinski definition) is 2. The number of benzene rings is 2. The Bertz CT molecular complexity index is 662. The zero-order chi connectivity index (χ0) is 16.8. The molecule has 2 aromatic rings. The third kappa shape index (κ3) is 4.85. The number of nitrogens with one attached hydrogen (secondary N) is 1. The van der Waals surface area contributed by atoms with Gasteiger partial charge in [-0.25, -0.2) is 0 Å². The van der Waals surface area contributed by atoms with E-state index in [0.29, 0.717) is 11.7 Å². The average Bonchev–Trinajstić information content (AvgIpc) is 2.56. The predicted octanol–water partition coefficient (Wildman–Crippen LogP) is 4.83. The first-order chi connectivity index (χ1) is 11.0. The van der Waals surface area contributed by atoms with E-state index in [1.165, 1.54) is 5.56 Å². The number of aryl methyl sites for hydroxylation is 2. The van der Waals surface area contributed by atoms with Crippen LogP contribution in [0.1, 0.15) is 42.9 Å². The maximum Gasteiger partial charge on any atom is 0.262 e. The third-order valence-corrected chi connectivity index (χ3v) is 4.10. The molecule has 0 bridgehead atoms. The average molecular weight is 311 g/mol. The van der Waals surface area contributed by atoms with Gasteiger partial charge in [-0.15, -0.1) is 0 Å². The fourth-order valence-electron chi connectivity index (χ4n) is 2.33. The van der Waals surface area contributed by atoms with E-state index < -0.39 is 0 Å². The molecule has 1 N–H and O–H groups in total. The molecule has 1 atom stereocenters. The number of carbonyl (C=O) groups excluding carboxylic acids is 1. The van der Waals surface area contributed by atoms with Crippen LogP contribution in [0.4, 0.5) is 5.69 Å². The second-order valence-corrected chi connectivity index (χ2v) is 6.03. The second kappa shape index (κ2) is 7.82. The number of amides is 1. The zero-order valence-electron chi connectivity index (χ0n) is 14.3. The minimum Gasteiger partial charge on any atom is -0.484 e. The smallest absolute Gasteiger partial charge is 0.262 e. The molecule has 122 valence electrons. The Labute approximate surface area is 138 Å². The van der Waals surface area contributed by atoms with Gasteiger partial charge in [0.15, 0.2) is 6.61 Å². The Morgan fingerprint density at radius 1 is 1.13 bits per heavy atom. The molecule has 0 heterocycles. The summed E-state index contributed by atoms with van der Waals surface area (Å²) < 4.78 is 5.57. The van der Waals surface area contributed by atoms with Crippen LogP contribution < -0.4 is 10.1 Å². The monoisotopic (exact) mass is 311 g/mol. The predicted molar refractivity (Wildman–Crippen MR) is 95.2 cm³/mol. The molecule has 1 amide bonds. The first-order valence-corrected chi connectivity index (χ1v) is 8.09. The van der Waals surface area contributed by atoms with Crippen LogP contribution in [0.15, 0.2) is 42.5 Å². The maximum atomic E-state index is 12.0. The lowest BCUT2D eigenvalue weighted by atomic mass is 9.99. The van der Waals surface area contributed by atoms with E-state index >= 15 is 0 Å². The summed E-state index contributed by atoms with van der Waals surface area (Å²) in [6.07, 6.45) is 1.11. The van der Waals surface area contributed by atoms with Crippen molar-refractivity contribution in [3.05, 3.63) is 59.2 Å². The summed E-state index contributed by atoms with van der Waals surface area (Å²) in [5.74, 6) is 1.11. The lowest BCUT2D eigenvalue weighted by Crippen LogP contribution is -2.20. The second-order valence-electron chi connectivity index (χ2n) is 6.03. The molecule has 0 aliphatic carbocycles. The molecule has 0 saturated heterocycles. The van der Waals surface area contributed by atoms with Crippen LogP contribution in [0, 0.1) is 13.8 Å². The topological polar surface area (TPSA) is 38.3 Å². The van der Waals surface area contributed by atoms with Gasteiger partial charge in [-0.05, 0) is 61.1 Å². The van der Waals surface area contributed by atoms with E-state index in [2.05, 4.69) is 31.3 Å². The van der Waals surface area contributed by atoms with Crippen LogP contribution in [-0.4, -0.2) is 12.5 Å². The zero-order valence-corrected chi connectivity index (χ0v) is 14.3. The lowest BCUT2D eigenvalue weighted by molar-refractivity contribution is -0.118. The van der Waals surface area contributed by atoms with Gasteiger partial charge >= 0.3 is 0 Å². The summed E-state index contributed by atoms with van der Waals surface area (Å²) in [4.78, 5) is 12.0. The van der Waals surface area contributed by atoms with Gasteiger partial charge in [0.2, 0.25) is 0 Å². The molecule has 0 aliphatic rings. The fourth-order valence-corrected chi connectivity index (χ4v) is 2.33. The molecular formula is C20H25NO2. The first-order valence-electron chi connectivity index (χ1n) is 8.09. The highest BCUT2D eigenvalue weighted by atomic mass is 16.5. The number of ether oxygens (including phenoxy) is 1. The maximum absolute atomic E-state index is 12.0. The van der Waals surface area contributed by atoms with Crippen LogP contribution in [0.25, 0.3) is 0 Å². The summed E-state index contributed by atoms with van der Waals surface area (Å²) in [6, 6.07) is 14.0. The van der Waals surface area contributed by atoms with Crippen molar-refractivity contribution in [2.75, 3.05) is 11.9 Å². The molecule has 0 fully saturated rings. The quantitative estimate of drug-likeness (QED) is 0.829. The molecule has 3 nitrogen and oxygen atoms in total. The lowest BCUT2D eigenvalue weighted by Gasteiger charge is -2.12. The molecule has 23 heavy (non-hydrogen) atoms. The van der Waals surface area contributed by atoms with E-state index in [1.807, 2.05) is 44.2 Å². The van der Waals surface area contributed by atoms with Crippen LogP contribution >= 0.6 is 0 Å². The van der Waals surface area contributed by atoms with Crippen molar-refractivity contribution in [3.63, 3.8) is 0 Å². The number of anilines is 1. The summed E-state index contributed by atoms with van der Waals surface area (Å²) >= 11 is 0. The SMILES string of the molecule is CC[C@H](C)c1ccc(OCC(=O)Nc2cc(C)ccc2C)cc1. The Morgan fingerprint density at radius 2 is 1.83 bits per heavy atom. The highest BCUT2D eigenvalue weighted by molar-refractivity contribution is 5.92. The molecule has 0 unspecified atom stereocenters. The number of rotatable bonds is 6. The van der Waals surface area contributed by atoms with Crippen LogP contribution in [-0.2, 0) is 4.79 Å². The Kier molecular flexibility index (Phi) is 5.80. The van der Waals surface area contributed by atoms with E-state index in [0.717, 1.165) is 23.2 Å². The Morgan fingerprint density at radius 3 is 2.48 bits per heavy atom. The largest absolute Gasteiger partial charge is 0.484 e. The van der Waals surface area contributed by atoms with Gasteiger partial charge in [0.25, 0.3) is 5.91 Å². The number of carbonyl (C=O) groups is 1. The van der Waals surface area contributed by atoms with E-state index in [1.54, 1.807) is 0 Å². The summed E-state index contributed by atoms with van der Waals surface area (Å²) in [6.45, 7) is 8.37. The van der Waals surface area contributed by atoms with Crippen molar-refractivity contribution in [2.45, 2.75) is 40.0 Å². The van der Waals surface area contributed by atoms with Gasteiger partial charge < -0.3 is 10.1 Å². The minimum absolute atomic E-state index is 0.00998. The van der Waals surface area contributed by atoms with Crippen molar-refractivity contribution in [3.8, 4) is 5.75 Å². The summed E-state index contributed by atoms with van der Waals surface area (Å²) in [5.41, 5.74) is 4.29. The van der Waals surface area contributed by atoms with Crippen molar-refractivity contribution in [1.29, 1.82) is 0 Å². The Hall–Kier alpha value is -2.29. The highest BCUT2D eigenvalue weighted by Gasteiger charge is 2.07. The van der Waals surface area contributed by atoms with Crippen molar-refractivity contribution in [1.82, 2.24) is 0 Å². The van der Waals surface area contributed by atoms with Crippen LogP contribution in [0.5, 0.6) is 5.75 Å². The minimum atomic E-state index is -0.148. The van der Waals surface area contributed by atoms with E-state index in [9.17, 15) is 4.79 Å². The van der Waals surface area contributed by atoms with Crippen molar-refractivity contribution >= 4 is 11.6 Å². The normalized spacial score (nSPS) is 11.8. The fraction of sp³-hybridized carbons (Fsp3) is 0.350. The van der Waals surface area contributed by atoms with Crippen LogP contribution in [0.3, 0.4) is 0 Å². The molecule has 0 saturated carbocycles. The summed E-state index contributed by atoms with van der Waals surface area (Å²) in [5, 5.41) is 2.90.